The second-order valence-corrected chi connectivity index (χ2v) is 16.8. The topological polar surface area (TPSA) is 78.9 Å². The molecule has 0 aliphatic rings. The van der Waals surface area contributed by atoms with Gasteiger partial charge in [0.1, 0.15) is 0 Å². The molecule has 0 fully saturated rings. The molecule has 0 spiro atoms. The Morgan fingerprint density at radius 1 is 0.579 bits per heavy atom. The van der Waals surface area contributed by atoms with E-state index >= 15 is 0 Å². The summed E-state index contributed by atoms with van der Waals surface area (Å²) in [6.07, 6.45) is 1.30. The van der Waals surface area contributed by atoms with Gasteiger partial charge in [0, 0.05) is 0 Å². The van der Waals surface area contributed by atoms with Crippen molar-refractivity contribution in [2.24, 2.45) is 0 Å². The SMILES string of the molecule is CCC[CH2][Sn]([O]C(=O)c1cccc(C)c1C)([O]C(=O)c1cccc(C)c1C)[O]C(=O)c1cccc(C)c1C. The second kappa shape index (κ2) is 12.6. The number of carbonyl (C=O) groups excluding carboxylic acids is 3. The van der Waals surface area contributed by atoms with Crippen LogP contribution in [0.25, 0.3) is 0 Å². The van der Waals surface area contributed by atoms with Crippen molar-refractivity contribution in [2.45, 2.75) is 65.7 Å². The van der Waals surface area contributed by atoms with Gasteiger partial charge in [0.05, 0.1) is 0 Å². The summed E-state index contributed by atoms with van der Waals surface area (Å²) in [6, 6.07) is 16.0. The molecular weight excluding hydrogens is 587 g/mol. The van der Waals surface area contributed by atoms with E-state index in [-0.39, 0.29) is 4.44 Å². The van der Waals surface area contributed by atoms with Gasteiger partial charge in [0.25, 0.3) is 0 Å². The fraction of sp³-hybridized carbons (Fsp3) is 0.323. The van der Waals surface area contributed by atoms with Gasteiger partial charge < -0.3 is 0 Å². The first-order valence-corrected chi connectivity index (χ1v) is 18.4. The zero-order valence-corrected chi connectivity index (χ0v) is 26.1. The first kappa shape index (κ1) is 29.4. The molecule has 0 N–H and O–H groups in total. The van der Waals surface area contributed by atoms with Crippen LogP contribution in [-0.4, -0.2) is 37.5 Å². The summed E-state index contributed by atoms with van der Waals surface area (Å²) >= 11 is -5.23. The minimum absolute atomic E-state index is 0.189. The molecule has 3 aromatic rings. The molecule has 0 aromatic heterocycles. The van der Waals surface area contributed by atoms with E-state index in [2.05, 4.69) is 0 Å². The van der Waals surface area contributed by atoms with Crippen LogP contribution in [0.15, 0.2) is 54.6 Å². The molecule has 0 saturated heterocycles. The average molecular weight is 623 g/mol. The van der Waals surface area contributed by atoms with Crippen molar-refractivity contribution in [3.05, 3.63) is 105 Å². The maximum absolute atomic E-state index is 13.5. The van der Waals surface area contributed by atoms with E-state index in [0.717, 1.165) is 39.8 Å². The van der Waals surface area contributed by atoms with Crippen molar-refractivity contribution in [1.82, 2.24) is 0 Å². The van der Waals surface area contributed by atoms with Gasteiger partial charge in [-0.25, -0.2) is 0 Å². The molecule has 0 atom stereocenters. The summed E-state index contributed by atoms with van der Waals surface area (Å²) in [5, 5.41) is 0. The third-order valence-electron chi connectivity index (χ3n) is 7.05. The summed E-state index contributed by atoms with van der Waals surface area (Å²) < 4.78 is 18.4. The molecule has 0 aliphatic heterocycles. The zero-order valence-electron chi connectivity index (χ0n) is 23.3. The molecule has 0 amide bonds. The van der Waals surface area contributed by atoms with Crippen LogP contribution in [0.4, 0.5) is 0 Å². The predicted molar refractivity (Wildman–Crippen MR) is 149 cm³/mol. The van der Waals surface area contributed by atoms with Crippen molar-refractivity contribution >= 4 is 37.5 Å². The van der Waals surface area contributed by atoms with Crippen LogP contribution in [0.2, 0.25) is 4.44 Å². The predicted octanol–water partition coefficient (Wildman–Crippen LogP) is 7.15. The molecule has 0 aliphatic carbocycles. The molecule has 0 unspecified atom stereocenters. The number of rotatable bonds is 9. The van der Waals surface area contributed by atoms with Gasteiger partial charge >= 0.3 is 232 Å². The number of hydrogen-bond acceptors (Lipinski definition) is 6. The van der Waals surface area contributed by atoms with Crippen LogP contribution < -0.4 is 0 Å². The summed E-state index contributed by atoms with van der Waals surface area (Å²) in [4.78, 5) is 40.6. The van der Waals surface area contributed by atoms with Gasteiger partial charge in [0.2, 0.25) is 0 Å². The molecule has 6 nitrogen and oxygen atoms in total. The summed E-state index contributed by atoms with van der Waals surface area (Å²) in [5.41, 5.74) is 6.12. The molecule has 7 heteroatoms. The third-order valence-corrected chi connectivity index (χ3v) is 14.1. The van der Waals surface area contributed by atoms with Crippen molar-refractivity contribution in [1.29, 1.82) is 0 Å². The molecule has 3 rings (SSSR count). The Morgan fingerprint density at radius 2 is 0.895 bits per heavy atom. The van der Waals surface area contributed by atoms with E-state index in [9.17, 15) is 14.4 Å². The Labute approximate surface area is 230 Å². The molecule has 0 radical (unpaired) electrons. The van der Waals surface area contributed by atoms with Crippen LogP contribution in [0.1, 0.15) is 84.2 Å². The summed E-state index contributed by atoms with van der Waals surface area (Å²) in [6.45, 7) is 13.2. The van der Waals surface area contributed by atoms with Gasteiger partial charge in [-0.05, 0) is 0 Å². The molecule has 0 heterocycles. The van der Waals surface area contributed by atoms with E-state index < -0.39 is 37.5 Å². The Kier molecular flexibility index (Phi) is 9.76. The van der Waals surface area contributed by atoms with E-state index in [1.54, 1.807) is 36.4 Å². The van der Waals surface area contributed by atoms with Gasteiger partial charge in [0.15, 0.2) is 0 Å². The van der Waals surface area contributed by atoms with Crippen molar-refractivity contribution < 1.29 is 23.6 Å². The van der Waals surface area contributed by atoms with E-state index in [1.165, 1.54) is 0 Å². The van der Waals surface area contributed by atoms with Gasteiger partial charge in [-0.15, -0.1) is 0 Å². The Bertz CT molecular complexity index is 1200. The van der Waals surface area contributed by atoms with Crippen LogP contribution >= 0.6 is 0 Å². The summed E-state index contributed by atoms with van der Waals surface area (Å²) in [7, 11) is 0. The average Bonchev–Trinajstić information content (AvgIpc) is 2.87. The number of benzene rings is 3. The van der Waals surface area contributed by atoms with Crippen LogP contribution in [0.3, 0.4) is 0 Å². The molecule has 38 heavy (non-hydrogen) atoms. The molecule has 3 aromatic carbocycles. The molecule has 0 saturated carbocycles. The van der Waals surface area contributed by atoms with Crippen LogP contribution in [0, 0.1) is 41.5 Å². The van der Waals surface area contributed by atoms with E-state index in [0.29, 0.717) is 23.1 Å². The quantitative estimate of drug-likeness (QED) is 0.236. The zero-order chi connectivity index (χ0) is 28.0. The van der Waals surface area contributed by atoms with Crippen molar-refractivity contribution in [3.63, 3.8) is 0 Å². The Balaban J connectivity index is 2.09. The Hall–Kier alpha value is -3.13. The summed E-state index contributed by atoms with van der Waals surface area (Å²) in [5.74, 6) is -1.96. The molecular formula is C31H36O6Sn. The van der Waals surface area contributed by atoms with E-state index in [1.807, 2.05) is 66.7 Å². The van der Waals surface area contributed by atoms with Crippen LogP contribution in [-0.2, 0) is 9.22 Å². The Morgan fingerprint density at radius 3 is 1.18 bits per heavy atom. The van der Waals surface area contributed by atoms with Crippen molar-refractivity contribution in [3.8, 4) is 0 Å². The number of hydrogen-bond donors (Lipinski definition) is 0. The normalized spacial score (nSPS) is 11.1. The third kappa shape index (κ3) is 6.65. The number of carbonyl (C=O) groups is 3. The molecule has 0 bridgehead atoms. The molecule has 200 valence electrons. The van der Waals surface area contributed by atoms with Gasteiger partial charge in [-0.1, -0.05) is 0 Å². The van der Waals surface area contributed by atoms with Gasteiger partial charge in [-0.3, -0.25) is 0 Å². The van der Waals surface area contributed by atoms with Crippen molar-refractivity contribution in [2.75, 3.05) is 0 Å². The fourth-order valence-electron chi connectivity index (χ4n) is 4.11. The number of aryl methyl sites for hydroxylation is 3. The van der Waals surface area contributed by atoms with E-state index in [4.69, 9.17) is 9.22 Å². The van der Waals surface area contributed by atoms with Crippen LogP contribution in [0.5, 0.6) is 0 Å². The first-order valence-electron chi connectivity index (χ1n) is 12.9. The minimum atomic E-state index is -5.23. The van der Waals surface area contributed by atoms with Gasteiger partial charge in [-0.2, -0.15) is 0 Å². The standard InChI is InChI=1S/3C9H10O2.C4H9.Sn/c3*1-6-4-3-5-8(7(6)2)9(10)11;1-3-4-2;/h3*3-5H,1-2H3,(H,10,11);1,3-4H2,2H3;/q;;;;+3/p-3. The fourth-order valence-corrected chi connectivity index (χ4v) is 10.9. The maximum atomic E-state index is 13.5. The number of unbranched alkanes of at least 4 members (excludes halogenated alkanes) is 1. The second-order valence-electron chi connectivity index (χ2n) is 9.70. The monoisotopic (exact) mass is 624 g/mol. The first-order chi connectivity index (χ1) is 18.0.